The monoisotopic (exact) mass is 271 g/mol. The molecule has 0 saturated carbocycles. The molecule has 6 nitrogen and oxygen atoms in total. The second kappa shape index (κ2) is 7.33. The number of nitrogens with zero attached hydrogens (tertiary/aromatic N) is 2. The van der Waals surface area contributed by atoms with E-state index < -0.39 is 12.0 Å². The fourth-order valence-electron chi connectivity index (χ4n) is 2.49. The lowest BCUT2D eigenvalue weighted by molar-refractivity contribution is -0.139. The smallest absolute Gasteiger partial charge is 0.326 e. The first-order chi connectivity index (χ1) is 8.95. The Hall–Kier alpha value is -1.30. The van der Waals surface area contributed by atoms with Crippen molar-refractivity contribution in [3.8, 4) is 0 Å². The number of amides is 2. The average Bonchev–Trinajstić information content (AvgIpc) is 2.75. The molecule has 1 unspecified atom stereocenters. The number of carbonyl (C=O) groups is 2. The van der Waals surface area contributed by atoms with E-state index in [4.69, 9.17) is 5.11 Å². The van der Waals surface area contributed by atoms with Crippen LogP contribution in [-0.2, 0) is 4.79 Å². The van der Waals surface area contributed by atoms with Crippen molar-refractivity contribution in [2.75, 3.05) is 27.2 Å². The van der Waals surface area contributed by atoms with Gasteiger partial charge in [-0.15, -0.1) is 0 Å². The summed E-state index contributed by atoms with van der Waals surface area (Å²) in [4.78, 5) is 27.0. The summed E-state index contributed by atoms with van der Waals surface area (Å²) in [7, 11) is 3.96. The van der Waals surface area contributed by atoms with Crippen LogP contribution in [-0.4, -0.2) is 66.2 Å². The van der Waals surface area contributed by atoms with E-state index >= 15 is 0 Å². The Morgan fingerprint density at radius 1 is 1.47 bits per heavy atom. The van der Waals surface area contributed by atoms with Crippen LogP contribution >= 0.6 is 0 Å². The van der Waals surface area contributed by atoms with Gasteiger partial charge in [0.1, 0.15) is 6.04 Å². The minimum absolute atomic E-state index is 0.186. The molecule has 110 valence electrons. The number of hydrogen-bond donors (Lipinski definition) is 2. The van der Waals surface area contributed by atoms with Gasteiger partial charge in [0.15, 0.2) is 0 Å². The minimum atomic E-state index is -0.960. The van der Waals surface area contributed by atoms with Gasteiger partial charge in [0.2, 0.25) is 0 Å². The Kier molecular flexibility index (Phi) is 6.08. The van der Waals surface area contributed by atoms with Crippen molar-refractivity contribution in [3.63, 3.8) is 0 Å². The lowest BCUT2D eigenvalue weighted by atomic mass is 10.2. The van der Waals surface area contributed by atoms with Crippen molar-refractivity contribution in [1.82, 2.24) is 15.1 Å². The first kappa shape index (κ1) is 15.8. The topological polar surface area (TPSA) is 72.9 Å². The van der Waals surface area contributed by atoms with Gasteiger partial charge < -0.3 is 20.2 Å². The highest BCUT2D eigenvalue weighted by molar-refractivity contribution is 5.82. The number of likely N-dealkylation sites (N-methyl/N-ethyl adjacent to an activating group) is 1. The van der Waals surface area contributed by atoms with Gasteiger partial charge in [0, 0.05) is 19.1 Å². The van der Waals surface area contributed by atoms with E-state index in [0.717, 1.165) is 25.8 Å². The Morgan fingerprint density at radius 2 is 2.16 bits per heavy atom. The van der Waals surface area contributed by atoms with Gasteiger partial charge in [0.25, 0.3) is 0 Å². The molecule has 6 heteroatoms. The van der Waals surface area contributed by atoms with Gasteiger partial charge in [-0.1, -0.05) is 13.3 Å². The second-order valence-electron chi connectivity index (χ2n) is 5.38. The Morgan fingerprint density at radius 3 is 2.68 bits per heavy atom. The summed E-state index contributed by atoms with van der Waals surface area (Å²) in [5, 5.41) is 11.7. The third kappa shape index (κ3) is 4.70. The second-order valence-corrected chi connectivity index (χ2v) is 5.38. The third-order valence-electron chi connectivity index (χ3n) is 3.39. The van der Waals surface area contributed by atoms with Crippen molar-refractivity contribution in [3.05, 3.63) is 0 Å². The van der Waals surface area contributed by atoms with Gasteiger partial charge in [-0.2, -0.15) is 0 Å². The number of likely N-dealkylation sites (tertiary alicyclic amines) is 1. The maximum Gasteiger partial charge on any atom is 0.326 e. The van der Waals surface area contributed by atoms with Crippen LogP contribution in [0.2, 0.25) is 0 Å². The van der Waals surface area contributed by atoms with Crippen molar-refractivity contribution >= 4 is 12.0 Å². The number of aliphatic carboxylic acids is 1. The molecule has 1 saturated heterocycles. The van der Waals surface area contributed by atoms with Crippen LogP contribution in [0.4, 0.5) is 4.79 Å². The zero-order valence-corrected chi connectivity index (χ0v) is 12.1. The van der Waals surface area contributed by atoms with Crippen molar-refractivity contribution in [2.24, 2.45) is 0 Å². The number of rotatable bonds is 6. The molecule has 0 spiro atoms. The first-order valence-corrected chi connectivity index (χ1v) is 6.90. The summed E-state index contributed by atoms with van der Waals surface area (Å²) >= 11 is 0. The molecular weight excluding hydrogens is 246 g/mol. The van der Waals surface area contributed by atoms with Gasteiger partial charge in [-0.05, 0) is 33.4 Å². The summed E-state index contributed by atoms with van der Waals surface area (Å²) < 4.78 is 0. The van der Waals surface area contributed by atoms with Gasteiger partial charge in [0.05, 0.1) is 0 Å². The predicted octanol–water partition coefficient (Wildman–Crippen LogP) is 0.975. The van der Waals surface area contributed by atoms with E-state index in [9.17, 15) is 9.59 Å². The van der Waals surface area contributed by atoms with E-state index in [1.807, 2.05) is 21.0 Å². The highest BCUT2D eigenvalue weighted by atomic mass is 16.4. The van der Waals surface area contributed by atoms with Gasteiger partial charge in [-0.3, -0.25) is 0 Å². The van der Waals surface area contributed by atoms with Gasteiger partial charge >= 0.3 is 12.0 Å². The molecule has 2 amide bonds. The Bertz CT molecular complexity index is 320. The number of urea groups is 1. The highest BCUT2D eigenvalue weighted by Crippen LogP contribution is 2.18. The number of nitrogens with one attached hydrogen (secondary N) is 1. The SMILES string of the molecule is CCC[C@@H](NC(=O)N1CCCC1CN(C)C)C(=O)O. The zero-order chi connectivity index (χ0) is 14.4. The number of carbonyl (C=O) groups excluding carboxylic acids is 1. The first-order valence-electron chi connectivity index (χ1n) is 6.90. The molecule has 1 heterocycles. The normalized spacial score (nSPS) is 20.6. The lowest BCUT2D eigenvalue weighted by Gasteiger charge is -2.28. The van der Waals surface area contributed by atoms with Crippen LogP contribution in [0.5, 0.6) is 0 Å². The summed E-state index contributed by atoms with van der Waals surface area (Å²) in [5.74, 6) is -0.960. The van der Waals surface area contributed by atoms with Crippen molar-refractivity contribution in [2.45, 2.75) is 44.7 Å². The maximum absolute atomic E-state index is 12.2. The van der Waals surface area contributed by atoms with Crippen LogP contribution in [0.3, 0.4) is 0 Å². The number of carboxylic acids is 1. The van der Waals surface area contributed by atoms with Gasteiger partial charge in [-0.25, -0.2) is 9.59 Å². The minimum Gasteiger partial charge on any atom is -0.480 e. The largest absolute Gasteiger partial charge is 0.480 e. The fourth-order valence-corrected chi connectivity index (χ4v) is 2.49. The molecule has 0 aliphatic carbocycles. The molecule has 1 aliphatic heterocycles. The zero-order valence-electron chi connectivity index (χ0n) is 12.1. The Balaban J connectivity index is 2.57. The molecule has 1 aliphatic rings. The van der Waals surface area contributed by atoms with Crippen LogP contribution in [0, 0.1) is 0 Å². The molecule has 19 heavy (non-hydrogen) atoms. The van der Waals surface area contributed by atoms with E-state index in [1.165, 1.54) is 0 Å². The Labute approximate surface area is 114 Å². The number of carboxylic acid groups (broad SMARTS) is 1. The van der Waals surface area contributed by atoms with Crippen LogP contribution in [0.1, 0.15) is 32.6 Å². The van der Waals surface area contributed by atoms with Crippen LogP contribution in [0.15, 0.2) is 0 Å². The summed E-state index contributed by atoms with van der Waals surface area (Å²) in [6.45, 7) is 3.44. The van der Waals surface area contributed by atoms with Crippen molar-refractivity contribution in [1.29, 1.82) is 0 Å². The van der Waals surface area contributed by atoms with E-state index in [2.05, 4.69) is 10.2 Å². The average molecular weight is 271 g/mol. The molecule has 2 atom stereocenters. The lowest BCUT2D eigenvalue weighted by Crippen LogP contribution is -2.51. The molecule has 2 N–H and O–H groups in total. The quantitative estimate of drug-likeness (QED) is 0.755. The van der Waals surface area contributed by atoms with Crippen molar-refractivity contribution < 1.29 is 14.7 Å². The number of hydrogen-bond acceptors (Lipinski definition) is 3. The standard InChI is InChI=1S/C13H25N3O3/c1-4-6-11(12(17)18)14-13(19)16-8-5-7-10(16)9-15(2)3/h10-11H,4-9H2,1-3H3,(H,14,19)(H,17,18)/t10?,11-/m1/s1. The maximum atomic E-state index is 12.2. The summed E-state index contributed by atoms with van der Waals surface area (Å²) in [5.41, 5.74) is 0. The van der Waals surface area contributed by atoms with E-state index in [-0.39, 0.29) is 12.1 Å². The molecule has 0 radical (unpaired) electrons. The summed E-state index contributed by atoms with van der Waals surface area (Å²) in [6, 6.07) is -0.839. The molecule has 0 bridgehead atoms. The molecule has 0 aromatic carbocycles. The van der Waals surface area contributed by atoms with E-state index in [0.29, 0.717) is 13.0 Å². The molecule has 1 rings (SSSR count). The molecule has 0 aromatic rings. The molecule has 1 fully saturated rings. The van der Waals surface area contributed by atoms with Crippen LogP contribution in [0.25, 0.3) is 0 Å². The predicted molar refractivity (Wildman–Crippen MR) is 73.1 cm³/mol. The van der Waals surface area contributed by atoms with E-state index in [1.54, 1.807) is 4.90 Å². The molecular formula is C13H25N3O3. The van der Waals surface area contributed by atoms with Crippen LogP contribution < -0.4 is 5.32 Å². The highest BCUT2D eigenvalue weighted by Gasteiger charge is 2.31. The third-order valence-corrected chi connectivity index (χ3v) is 3.39. The summed E-state index contributed by atoms with van der Waals surface area (Å²) in [6.07, 6.45) is 3.17. The molecule has 0 aromatic heterocycles. The fraction of sp³-hybridized carbons (Fsp3) is 0.846.